The average Bonchev–Trinajstić information content (AvgIpc) is 3.30. The van der Waals surface area contributed by atoms with Crippen LogP contribution in [0.5, 0.6) is 6.01 Å². The van der Waals surface area contributed by atoms with Gasteiger partial charge in [0, 0.05) is 18.9 Å². The molecule has 148 valence electrons. The van der Waals surface area contributed by atoms with Crippen molar-refractivity contribution in [2.75, 3.05) is 5.73 Å². The highest BCUT2D eigenvalue weighted by Crippen LogP contribution is 2.27. The van der Waals surface area contributed by atoms with Crippen LogP contribution < -0.4 is 5.73 Å². The van der Waals surface area contributed by atoms with Crippen LogP contribution in [0.15, 0.2) is 36.7 Å². The van der Waals surface area contributed by atoms with Crippen molar-refractivity contribution < 1.29 is 5.11 Å². The van der Waals surface area contributed by atoms with Gasteiger partial charge in [0.1, 0.15) is 0 Å². The first kappa shape index (κ1) is 17.7. The predicted molar refractivity (Wildman–Crippen MR) is 110 cm³/mol. The molecule has 0 saturated heterocycles. The number of benzene rings is 1. The molecule has 0 aliphatic carbocycles. The Hall–Kier alpha value is -3.42. The molecule has 8 nitrogen and oxygen atoms in total. The predicted octanol–water partition coefficient (Wildman–Crippen LogP) is 3.14. The second-order valence-electron chi connectivity index (χ2n) is 7.53. The van der Waals surface area contributed by atoms with Gasteiger partial charge in [-0.1, -0.05) is 37.1 Å². The van der Waals surface area contributed by atoms with E-state index < -0.39 is 0 Å². The standard InChI is InChI=1S/C21H23N7O/c22-17-16-19-26-18(25-17)20-23-9-11-27(20)10-4-2-1-3-6-14-7-5-8-15(12-14)13-28(19)21(29)24-16/h5,7-9,11-12H,1-4,6,10,13H2,(H,24,29)(H2,22,25,26). The van der Waals surface area contributed by atoms with E-state index in [9.17, 15) is 5.11 Å². The van der Waals surface area contributed by atoms with Crippen LogP contribution in [-0.2, 0) is 19.5 Å². The van der Waals surface area contributed by atoms with Gasteiger partial charge in [-0.05, 0) is 30.4 Å². The minimum Gasteiger partial charge on any atom is -0.480 e. The second-order valence-corrected chi connectivity index (χ2v) is 7.53. The molecule has 3 aromatic heterocycles. The molecule has 0 radical (unpaired) electrons. The fourth-order valence-corrected chi connectivity index (χ4v) is 3.98. The molecular weight excluding hydrogens is 366 g/mol. The number of anilines is 1. The molecule has 0 amide bonds. The van der Waals surface area contributed by atoms with Crippen LogP contribution in [0.3, 0.4) is 0 Å². The first-order chi connectivity index (χ1) is 14.2. The maximum absolute atomic E-state index is 10.5. The monoisotopic (exact) mass is 389 g/mol. The normalized spacial score (nSPS) is 14.9. The number of nitrogens with zero attached hydrogens (tertiary/aromatic N) is 6. The molecule has 1 aliphatic heterocycles. The summed E-state index contributed by atoms with van der Waals surface area (Å²) >= 11 is 0. The van der Waals surface area contributed by atoms with Crippen molar-refractivity contribution in [2.45, 2.75) is 45.2 Å². The lowest BCUT2D eigenvalue weighted by atomic mass is 10.0. The maximum atomic E-state index is 10.5. The molecule has 3 N–H and O–H groups in total. The van der Waals surface area contributed by atoms with E-state index >= 15 is 0 Å². The zero-order chi connectivity index (χ0) is 19.8. The molecule has 29 heavy (non-hydrogen) atoms. The first-order valence-corrected chi connectivity index (χ1v) is 10.0. The van der Waals surface area contributed by atoms with Crippen molar-refractivity contribution in [3.63, 3.8) is 0 Å². The van der Waals surface area contributed by atoms with E-state index in [0.717, 1.165) is 24.9 Å². The van der Waals surface area contributed by atoms with Gasteiger partial charge in [0.05, 0.1) is 6.54 Å². The zero-order valence-electron chi connectivity index (χ0n) is 16.1. The molecule has 4 bridgehead atoms. The summed E-state index contributed by atoms with van der Waals surface area (Å²) in [6.45, 7) is 1.32. The summed E-state index contributed by atoms with van der Waals surface area (Å²) in [5, 5.41) is 10.5. The fraction of sp³-hybridized carbons (Fsp3) is 0.333. The lowest BCUT2D eigenvalue weighted by Crippen LogP contribution is -2.07. The van der Waals surface area contributed by atoms with Gasteiger partial charge < -0.3 is 15.4 Å². The molecule has 1 aliphatic rings. The van der Waals surface area contributed by atoms with Gasteiger partial charge in [0.25, 0.3) is 6.01 Å². The topological polar surface area (TPSA) is 108 Å². The van der Waals surface area contributed by atoms with Crippen LogP contribution in [0.1, 0.15) is 36.8 Å². The minimum absolute atomic E-state index is 0.118. The number of nitrogens with two attached hydrogens (primary N) is 1. The number of aryl methyl sites for hydroxylation is 2. The van der Waals surface area contributed by atoms with Gasteiger partial charge in [0.15, 0.2) is 28.6 Å². The number of aromatic nitrogens is 6. The van der Waals surface area contributed by atoms with Crippen LogP contribution in [0.2, 0.25) is 0 Å². The van der Waals surface area contributed by atoms with Crippen molar-refractivity contribution in [3.8, 4) is 17.7 Å². The summed E-state index contributed by atoms with van der Waals surface area (Å²) in [7, 11) is 0. The SMILES string of the molecule is Nc1nc2nc3c1nc(O)n3Cc1cccc(c1)CCCCCCn1ccnc1-2. The molecule has 0 unspecified atom stereocenters. The van der Waals surface area contributed by atoms with E-state index in [4.69, 9.17) is 5.73 Å². The highest BCUT2D eigenvalue weighted by molar-refractivity contribution is 5.84. The molecule has 0 atom stereocenters. The van der Waals surface area contributed by atoms with E-state index in [0.29, 0.717) is 29.4 Å². The quantitative estimate of drug-likeness (QED) is 0.478. The van der Waals surface area contributed by atoms with Crippen molar-refractivity contribution in [3.05, 3.63) is 47.8 Å². The van der Waals surface area contributed by atoms with E-state index in [2.05, 4.69) is 48.8 Å². The van der Waals surface area contributed by atoms with E-state index in [1.807, 2.05) is 6.20 Å². The highest BCUT2D eigenvalue weighted by atomic mass is 16.3. The van der Waals surface area contributed by atoms with E-state index in [1.54, 1.807) is 10.8 Å². The Labute approximate surface area is 168 Å². The Morgan fingerprint density at radius 2 is 1.86 bits per heavy atom. The third-order valence-electron chi connectivity index (χ3n) is 5.46. The molecule has 8 heteroatoms. The Bertz CT molecular complexity index is 1180. The third-order valence-corrected chi connectivity index (χ3v) is 5.46. The van der Waals surface area contributed by atoms with Crippen LogP contribution in [0.4, 0.5) is 5.82 Å². The Morgan fingerprint density at radius 1 is 1.00 bits per heavy atom. The van der Waals surface area contributed by atoms with Crippen LogP contribution in [0.25, 0.3) is 22.8 Å². The third kappa shape index (κ3) is 3.30. The maximum Gasteiger partial charge on any atom is 0.296 e. The summed E-state index contributed by atoms with van der Waals surface area (Å²) in [6.07, 6.45) is 9.35. The average molecular weight is 389 g/mol. The van der Waals surface area contributed by atoms with Gasteiger partial charge in [-0.2, -0.15) is 4.98 Å². The zero-order valence-corrected chi connectivity index (χ0v) is 16.1. The number of imidazole rings is 2. The summed E-state index contributed by atoms with van der Waals surface area (Å²) in [6, 6.07) is 8.35. The number of fused-ring (bicyclic) bond motifs is 5. The molecular formula is C21H23N7O. The van der Waals surface area contributed by atoms with Crippen molar-refractivity contribution in [1.29, 1.82) is 0 Å². The Balaban J connectivity index is 1.67. The smallest absolute Gasteiger partial charge is 0.296 e. The molecule has 1 aromatic carbocycles. The molecule has 4 heterocycles. The lowest BCUT2D eigenvalue weighted by molar-refractivity contribution is 0.408. The summed E-state index contributed by atoms with van der Waals surface area (Å²) < 4.78 is 3.74. The van der Waals surface area contributed by atoms with Gasteiger partial charge >= 0.3 is 0 Å². The van der Waals surface area contributed by atoms with Crippen molar-refractivity contribution in [1.82, 2.24) is 29.1 Å². The Morgan fingerprint density at radius 3 is 2.79 bits per heavy atom. The molecule has 5 rings (SSSR count). The van der Waals surface area contributed by atoms with Gasteiger partial charge in [-0.15, -0.1) is 0 Å². The summed E-state index contributed by atoms with van der Waals surface area (Å²) in [5.74, 6) is 1.37. The van der Waals surface area contributed by atoms with Crippen molar-refractivity contribution >= 4 is 17.0 Å². The summed E-state index contributed by atoms with van der Waals surface area (Å²) in [4.78, 5) is 17.8. The van der Waals surface area contributed by atoms with E-state index in [-0.39, 0.29) is 11.8 Å². The minimum atomic E-state index is -0.118. The van der Waals surface area contributed by atoms with Gasteiger partial charge in [0.2, 0.25) is 0 Å². The van der Waals surface area contributed by atoms with Crippen LogP contribution in [0, 0.1) is 0 Å². The summed E-state index contributed by atoms with van der Waals surface area (Å²) in [5.41, 5.74) is 9.48. The number of aromatic hydroxyl groups is 1. The Kier molecular flexibility index (Phi) is 4.38. The van der Waals surface area contributed by atoms with Crippen molar-refractivity contribution in [2.24, 2.45) is 0 Å². The molecule has 0 saturated carbocycles. The van der Waals surface area contributed by atoms with Gasteiger partial charge in [-0.3, -0.25) is 4.57 Å². The molecule has 0 fully saturated rings. The number of rotatable bonds is 0. The lowest BCUT2D eigenvalue weighted by Gasteiger charge is -2.11. The largest absolute Gasteiger partial charge is 0.480 e. The molecule has 0 spiro atoms. The number of hydrogen-bond acceptors (Lipinski definition) is 6. The van der Waals surface area contributed by atoms with Crippen LogP contribution in [-0.4, -0.2) is 34.2 Å². The fourth-order valence-electron chi connectivity index (χ4n) is 3.98. The van der Waals surface area contributed by atoms with Crippen LogP contribution >= 0.6 is 0 Å². The van der Waals surface area contributed by atoms with Gasteiger partial charge in [-0.25, -0.2) is 15.0 Å². The number of hydrogen-bond donors (Lipinski definition) is 2. The molecule has 4 aromatic rings. The first-order valence-electron chi connectivity index (χ1n) is 10.0. The highest BCUT2D eigenvalue weighted by Gasteiger charge is 2.19. The second kappa shape index (κ2) is 7.20. The van der Waals surface area contributed by atoms with E-state index in [1.165, 1.54) is 24.8 Å². The number of nitrogen functional groups attached to an aromatic ring is 1.